The van der Waals surface area contributed by atoms with Crippen molar-refractivity contribution in [2.75, 3.05) is 13.1 Å². The highest BCUT2D eigenvalue weighted by atomic mass is 127. The Balaban J connectivity index is 3.63. The Morgan fingerprint density at radius 2 is 2.30 bits per heavy atom. The number of nitrogens with one attached hydrogen (secondary N) is 1. The van der Waals surface area contributed by atoms with Gasteiger partial charge in [-0.05, 0) is 19.7 Å². The molecule has 0 saturated carbocycles. The minimum Gasteiger partial charge on any atom is -0.405 e. The van der Waals surface area contributed by atoms with Crippen molar-refractivity contribution in [2.45, 2.75) is 17.3 Å². The molecule has 10 heavy (non-hydrogen) atoms. The molecular formula is C7H15IN2. The second kappa shape index (κ2) is 4.96. The number of nitrogens with two attached hydrogens (primary N) is 1. The van der Waals surface area contributed by atoms with Gasteiger partial charge in [-0.3, -0.25) is 0 Å². The predicted molar refractivity (Wildman–Crippen MR) is 54.3 cm³/mol. The summed E-state index contributed by atoms with van der Waals surface area (Å²) in [5.41, 5.74) is 5.27. The maximum atomic E-state index is 5.27. The van der Waals surface area contributed by atoms with E-state index in [-0.39, 0.29) is 3.42 Å². The second-order valence-corrected chi connectivity index (χ2v) is 4.88. The molecule has 3 N–H and O–H groups in total. The first-order chi connectivity index (χ1) is 4.62. The van der Waals surface area contributed by atoms with Crippen molar-refractivity contribution in [3.05, 3.63) is 12.3 Å². The van der Waals surface area contributed by atoms with E-state index in [1.54, 1.807) is 6.20 Å². The van der Waals surface area contributed by atoms with Crippen LogP contribution >= 0.6 is 22.6 Å². The van der Waals surface area contributed by atoms with Gasteiger partial charge < -0.3 is 11.1 Å². The molecule has 2 nitrogen and oxygen atoms in total. The highest BCUT2D eigenvalue weighted by Gasteiger charge is 2.13. The third kappa shape index (κ3) is 5.05. The maximum Gasteiger partial charge on any atom is 0.0513 e. The molecule has 0 aliphatic heterocycles. The van der Waals surface area contributed by atoms with E-state index >= 15 is 0 Å². The van der Waals surface area contributed by atoms with Crippen molar-refractivity contribution in [1.29, 1.82) is 0 Å². The molecule has 1 atom stereocenters. The van der Waals surface area contributed by atoms with E-state index in [1.165, 1.54) is 0 Å². The van der Waals surface area contributed by atoms with E-state index in [2.05, 4.69) is 41.8 Å². The van der Waals surface area contributed by atoms with Gasteiger partial charge in [0.1, 0.15) is 0 Å². The molecular weight excluding hydrogens is 239 g/mol. The first kappa shape index (κ1) is 10.2. The largest absolute Gasteiger partial charge is 0.405 e. The molecule has 0 rings (SSSR count). The number of alkyl halides is 1. The van der Waals surface area contributed by atoms with Crippen LogP contribution in [0.25, 0.3) is 0 Å². The molecule has 60 valence electrons. The van der Waals surface area contributed by atoms with E-state index in [0.29, 0.717) is 0 Å². The zero-order valence-electron chi connectivity index (χ0n) is 6.52. The van der Waals surface area contributed by atoms with Gasteiger partial charge in [-0.25, -0.2) is 0 Å². The van der Waals surface area contributed by atoms with Crippen molar-refractivity contribution in [1.82, 2.24) is 5.32 Å². The lowest BCUT2D eigenvalue weighted by Gasteiger charge is -2.17. The molecule has 0 aromatic rings. The lowest BCUT2D eigenvalue weighted by Crippen LogP contribution is -2.30. The Bertz CT molecular complexity index is 110. The zero-order valence-corrected chi connectivity index (χ0v) is 8.68. The van der Waals surface area contributed by atoms with Gasteiger partial charge in [0.05, 0.1) is 3.42 Å². The van der Waals surface area contributed by atoms with Gasteiger partial charge in [0, 0.05) is 6.54 Å². The third-order valence-electron chi connectivity index (χ3n) is 1.16. The van der Waals surface area contributed by atoms with E-state index in [9.17, 15) is 0 Å². The SMILES string of the molecule is CCNCC(C)(I)/C=C\N. The summed E-state index contributed by atoms with van der Waals surface area (Å²) in [6.07, 6.45) is 3.60. The van der Waals surface area contributed by atoms with E-state index < -0.39 is 0 Å². The topological polar surface area (TPSA) is 38.0 Å². The first-order valence-electron chi connectivity index (χ1n) is 3.41. The van der Waals surface area contributed by atoms with Gasteiger partial charge in [0.25, 0.3) is 0 Å². The van der Waals surface area contributed by atoms with Crippen molar-refractivity contribution in [3.63, 3.8) is 0 Å². The minimum atomic E-state index is 0.155. The Hall–Kier alpha value is 0.230. The molecule has 0 radical (unpaired) electrons. The van der Waals surface area contributed by atoms with Crippen LogP contribution in [0.5, 0.6) is 0 Å². The van der Waals surface area contributed by atoms with Crippen LogP contribution in [0.1, 0.15) is 13.8 Å². The summed E-state index contributed by atoms with van der Waals surface area (Å²) in [5.74, 6) is 0. The number of hydrogen-bond donors (Lipinski definition) is 2. The van der Waals surface area contributed by atoms with Crippen molar-refractivity contribution in [3.8, 4) is 0 Å². The van der Waals surface area contributed by atoms with Crippen LogP contribution in [0.15, 0.2) is 12.3 Å². The highest BCUT2D eigenvalue weighted by molar-refractivity contribution is 14.1. The molecule has 0 saturated heterocycles. The average molecular weight is 254 g/mol. The van der Waals surface area contributed by atoms with E-state index in [1.807, 2.05) is 6.08 Å². The summed E-state index contributed by atoms with van der Waals surface area (Å²) < 4.78 is 0.155. The fourth-order valence-electron chi connectivity index (χ4n) is 0.629. The van der Waals surface area contributed by atoms with Crippen molar-refractivity contribution >= 4 is 22.6 Å². The van der Waals surface area contributed by atoms with E-state index in [0.717, 1.165) is 13.1 Å². The van der Waals surface area contributed by atoms with Gasteiger partial charge in [-0.1, -0.05) is 35.6 Å². The molecule has 0 aliphatic rings. The Labute approximate surface area is 76.4 Å². The molecule has 0 aromatic carbocycles. The summed E-state index contributed by atoms with van der Waals surface area (Å²) in [6, 6.07) is 0. The summed E-state index contributed by atoms with van der Waals surface area (Å²) in [4.78, 5) is 0. The molecule has 0 bridgehead atoms. The van der Waals surface area contributed by atoms with Crippen molar-refractivity contribution in [2.24, 2.45) is 5.73 Å². The molecule has 0 fully saturated rings. The minimum absolute atomic E-state index is 0.155. The van der Waals surface area contributed by atoms with Crippen LogP contribution in [0, 0.1) is 0 Å². The van der Waals surface area contributed by atoms with Crippen LogP contribution in [-0.2, 0) is 0 Å². The quantitative estimate of drug-likeness (QED) is 0.585. The van der Waals surface area contributed by atoms with Gasteiger partial charge in [0.2, 0.25) is 0 Å². The number of hydrogen-bond acceptors (Lipinski definition) is 2. The molecule has 0 heterocycles. The van der Waals surface area contributed by atoms with Crippen LogP contribution in [0.4, 0.5) is 0 Å². The van der Waals surface area contributed by atoms with Gasteiger partial charge in [0.15, 0.2) is 0 Å². The third-order valence-corrected chi connectivity index (χ3v) is 1.91. The van der Waals surface area contributed by atoms with E-state index in [4.69, 9.17) is 5.73 Å². The number of halogens is 1. The standard InChI is InChI=1S/C7H15IN2/c1-3-10-6-7(2,8)4-5-9/h4-5,10H,3,6,9H2,1-2H3/b5-4-. The molecule has 0 aromatic heterocycles. The molecule has 0 spiro atoms. The molecule has 0 aliphatic carbocycles. The fourth-order valence-corrected chi connectivity index (χ4v) is 1.11. The lowest BCUT2D eigenvalue weighted by atomic mass is 10.2. The Morgan fingerprint density at radius 3 is 2.70 bits per heavy atom. The molecule has 0 amide bonds. The smallest absolute Gasteiger partial charge is 0.0513 e. The summed E-state index contributed by atoms with van der Waals surface area (Å²) in [6.45, 7) is 6.22. The normalized spacial score (nSPS) is 17.5. The van der Waals surface area contributed by atoms with Gasteiger partial charge in [-0.15, -0.1) is 0 Å². The Kier molecular flexibility index (Phi) is 5.07. The zero-order chi connectivity index (χ0) is 8.04. The lowest BCUT2D eigenvalue weighted by molar-refractivity contribution is 0.663. The fraction of sp³-hybridized carbons (Fsp3) is 0.714. The van der Waals surface area contributed by atoms with Crippen LogP contribution in [-0.4, -0.2) is 16.5 Å². The first-order valence-corrected chi connectivity index (χ1v) is 4.49. The van der Waals surface area contributed by atoms with Crippen LogP contribution < -0.4 is 11.1 Å². The predicted octanol–water partition coefficient (Wildman–Crippen LogP) is 1.26. The Morgan fingerprint density at radius 1 is 1.70 bits per heavy atom. The monoisotopic (exact) mass is 254 g/mol. The maximum absolute atomic E-state index is 5.27. The summed E-state index contributed by atoms with van der Waals surface area (Å²) >= 11 is 2.37. The number of rotatable bonds is 4. The summed E-state index contributed by atoms with van der Waals surface area (Å²) in [7, 11) is 0. The van der Waals surface area contributed by atoms with Gasteiger partial charge in [-0.2, -0.15) is 0 Å². The van der Waals surface area contributed by atoms with Crippen LogP contribution in [0.3, 0.4) is 0 Å². The second-order valence-electron chi connectivity index (χ2n) is 2.42. The molecule has 3 heteroatoms. The highest BCUT2D eigenvalue weighted by Crippen LogP contribution is 2.17. The van der Waals surface area contributed by atoms with Crippen LogP contribution in [0.2, 0.25) is 0 Å². The summed E-state index contributed by atoms with van der Waals surface area (Å²) in [5, 5.41) is 3.26. The average Bonchev–Trinajstić information content (AvgIpc) is 1.84. The van der Waals surface area contributed by atoms with Gasteiger partial charge >= 0.3 is 0 Å². The molecule has 1 unspecified atom stereocenters. The van der Waals surface area contributed by atoms with Crippen molar-refractivity contribution < 1.29 is 0 Å².